The quantitative estimate of drug-likeness (QED) is 0.668. The molecule has 1 aliphatic heterocycles. The first kappa shape index (κ1) is 11.0. The molecule has 0 aromatic carbocycles. The molecule has 0 bridgehead atoms. The second kappa shape index (κ2) is 5.58. The van der Waals surface area contributed by atoms with E-state index in [1.807, 2.05) is 0 Å². The summed E-state index contributed by atoms with van der Waals surface area (Å²) in [6, 6.07) is 0. The normalized spacial score (nSPS) is 26.3. The Bertz CT molecular complexity index is 130. The van der Waals surface area contributed by atoms with Gasteiger partial charge in [0.25, 0.3) is 0 Å². The van der Waals surface area contributed by atoms with Gasteiger partial charge in [-0.3, -0.25) is 0 Å². The minimum Gasteiger partial charge on any atom is -0.376 e. The van der Waals surface area contributed by atoms with Gasteiger partial charge in [0, 0.05) is 0 Å². The van der Waals surface area contributed by atoms with Gasteiger partial charge >= 0.3 is 0 Å². The molecule has 0 N–H and O–H groups in total. The maximum atomic E-state index is 5.64. The number of rotatable bonds is 4. The zero-order valence-corrected chi connectivity index (χ0v) is 8.79. The molecule has 13 heavy (non-hydrogen) atoms. The zero-order valence-electron chi connectivity index (χ0n) is 8.79. The van der Waals surface area contributed by atoms with Crippen LogP contribution in [0.2, 0.25) is 0 Å². The van der Waals surface area contributed by atoms with E-state index < -0.39 is 0 Å². The first-order chi connectivity index (χ1) is 6.20. The Labute approximate surface area is 80.4 Å². The monoisotopic (exact) mass is 188 g/mol. The van der Waals surface area contributed by atoms with Crippen LogP contribution in [-0.4, -0.2) is 38.6 Å². The van der Waals surface area contributed by atoms with Gasteiger partial charge in [0.2, 0.25) is 0 Å². The molecule has 3 nitrogen and oxygen atoms in total. The lowest BCUT2D eigenvalue weighted by Crippen LogP contribution is -2.34. The van der Waals surface area contributed by atoms with Crippen molar-refractivity contribution in [1.29, 1.82) is 0 Å². The Hall–Kier alpha value is -0.120. The third-order valence-electron chi connectivity index (χ3n) is 2.37. The van der Waals surface area contributed by atoms with Crippen LogP contribution in [0.1, 0.15) is 20.8 Å². The van der Waals surface area contributed by atoms with Crippen molar-refractivity contribution < 1.29 is 14.2 Å². The van der Waals surface area contributed by atoms with Crippen molar-refractivity contribution in [3.8, 4) is 0 Å². The first-order valence-electron chi connectivity index (χ1n) is 5.01. The van der Waals surface area contributed by atoms with E-state index in [0.717, 1.165) is 6.61 Å². The average molecular weight is 188 g/mol. The first-order valence-corrected chi connectivity index (χ1v) is 5.01. The SMILES string of the molecule is CC(C)[C@@H](C)OC[C@@H]1COCCO1. The van der Waals surface area contributed by atoms with E-state index in [2.05, 4.69) is 20.8 Å². The van der Waals surface area contributed by atoms with E-state index in [9.17, 15) is 0 Å². The van der Waals surface area contributed by atoms with Crippen LogP contribution in [0.25, 0.3) is 0 Å². The molecule has 3 heteroatoms. The van der Waals surface area contributed by atoms with E-state index in [1.54, 1.807) is 0 Å². The van der Waals surface area contributed by atoms with Gasteiger partial charge in [-0.1, -0.05) is 13.8 Å². The lowest BCUT2D eigenvalue weighted by Gasteiger charge is -2.25. The summed E-state index contributed by atoms with van der Waals surface area (Å²) in [7, 11) is 0. The molecule has 1 fully saturated rings. The lowest BCUT2D eigenvalue weighted by atomic mass is 10.1. The van der Waals surface area contributed by atoms with Crippen LogP contribution in [0.4, 0.5) is 0 Å². The van der Waals surface area contributed by atoms with E-state index in [-0.39, 0.29) is 6.10 Å². The van der Waals surface area contributed by atoms with Crippen LogP contribution in [0.5, 0.6) is 0 Å². The van der Waals surface area contributed by atoms with Crippen LogP contribution in [0.15, 0.2) is 0 Å². The molecule has 0 amide bonds. The van der Waals surface area contributed by atoms with E-state index >= 15 is 0 Å². The number of hydrogen-bond donors (Lipinski definition) is 0. The summed E-state index contributed by atoms with van der Waals surface area (Å²) in [5.41, 5.74) is 0. The van der Waals surface area contributed by atoms with Gasteiger partial charge in [-0.2, -0.15) is 0 Å². The van der Waals surface area contributed by atoms with E-state index in [4.69, 9.17) is 14.2 Å². The van der Waals surface area contributed by atoms with E-state index in [0.29, 0.717) is 31.8 Å². The van der Waals surface area contributed by atoms with Gasteiger partial charge in [0.15, 0.2) is 0 Å². The van der Waals surface area contributed by atoms with Crippen molar-refractivity contribution in [3.05, 3.63) is 0 Å². The Morgan fingerprint density at radius 2 is 2.08 bits per heavy atom. The highest BCUT2D eigenvalue weighted by atomic mass is 16.6. The third-order valence-corrected chi connectivity index (χ3v) is 2.37. The van der Waals surface area contributed by atoms with Crippen molar-refractivity contribution in [2.45, 2.75) is 33.0 Å². The lowest BCUT2D eigenvalue weighted by molar-refractivity contribution is -0.127. The maximum absolute atomic E-state index is 5.64. The Balaban J connectivity index is 2.10. The summed E-state index contributed by atoms with van der Waals surface area (Å²) in [5.74, 6) is 0.560. The molecule has 1 rings (SSSR count). The highest BCUT2D eigenvalue weighted by Gasteiger charge is 2.16. The Morgan fingerprint density at radius 3 is 2.62 bits per heavy atom. The molecule has 0 aliphatic carbocycles. The van der Waals surface area contributed by atoms with Crippen molar-refractivity contribution in [2.24, 2.45) is 5.92 Å². The van der Waals surface area contributed by atoms with E-state index in [1.165, 1.54) is 0 Å². The highest BCUT2D eigenvalue weighted by Crippen LogP contribution is 2.08. The summed E-state index contributed by atoms with van der Waals surface area (Å²) in [4.78, 5) is 0. The molecule has 0 spiro atoms. The summed E-state index contributed by atoms with van der Waals surface area (Å²) in [5, 5.41) is 0. The topological polar surface area (TPSA) is 27.7 Å². The van der Waals surface area contributed by atoms with Crippen LogP contribution in [0.3, 0.4) is 0 Å². The molecule has 78 valence electrons. The summed E-state index contributed by atoms with van der Waals surface area (Å²) < 4.78 is 16.4. The van der Waals surface area contributed by atoms with Crippen LogP contribution < -0.4 is 0 Å². The van der Waals surface area contributed by atoms with Gasteiger partial charge in [-0.15, -0.1) is 0 Å². The molecule has 1 heterocycles. The molecule has 0 radical (unpaired) electrons. The van der Waals surface area contributed by atoms with Crippen LogP contribution >= 0.6 is 0 Å². The molecule has 1 saturated heterocycles. The fourth-order valence-corrected chi connectivity index (χ4v) is 1.08. The maximum Gasteiger partial charge on any atom is 0.104 e. The second-order valence-electron chi connectivity index (χ2n) is 3.85. The summed E-state index contributed by atoms with van der Waals surface area (Å²) in [6.45, 7) is 9.14. The third kappa shape index (κ3) is 4.07. The summed E-state index contributed by atoms with van der Waals surface area (Å²) >= 11 is 0. The second-order valence-corrected chi connectivity index (χ2v) is 3.85. The molecule has 0 saturated carbocycles. The predicted molar refractivity (Wildman–Crippen MR) is 50.8 cm³/mol. The molecule has 0 aromatic rings. The molecule has 1 aliphatic rings. The Kier molecular flexibility index (Phi) is 4.70. The van der Waals surface area contributed by atoms with Gasteiger partial charge in [0.05, 0.1) is 32.5 Å². The van der Waals surface area contributed by atoms with Crippen LogP contribution in [-0.2, 0) is 14.2 Å². The molecular formula is C10H20O3. The smallest absolute Gasteiger partial charge is 0.104 e. The van der Waals surface area contributed by atoms with Crippen LogP contribution in [0, 0.1) is 5.92 Å². The van der Waals surface area contributed by atoms with Crippen molar-refractivity contribution in [1.82, 2.24) is 0 Å². The predicted octanol–water partition coefficient (Wildman–Crippen LogP) is 1.46. The Morgan fingerprint density at radius 1 is 1.31 bits per heavy atom. The van der Waals surface area contributed by atoms with Gasteiger partial charge in [0.1, 0.15) is 6.10 Å². The largest absolute Gasteiger partial charge is 0.376 e. The fourth-order valence-electron chi connectivity index (χ4n) is 1.08. The van der Waals surface area contributed by atoms with Gasteiger partial charge < -0.3 is 14.2 Å². The number of ether oxygens (including phenoxy) is 3. The highest BCUT2D eigenvalue weighted by molar-refractivity contribution is 4.62. The van der Waals surface area contributed by atoms with Gasteiger partial charge in [-0.05, 0) is 12.8 Å². The molecular weight excluding hydrogens is 168 g/mol. The van der Waals surface area contributed by atoms with Gasteiger partial charge in [-0.25, -0.2) is 0 Å². The standard InChI is InChI=1S/C10H20O3/c1-8(2)9(3)13-7-10-6-11-4-5-12-10/h8-10H,4-7H2,1-3H3/t9-,10+/m1/s1. The van der Waals surface area contributed by atoms with Crippen molar-refractivity contribution in [2.75, 3.05) is 26.4 Å². The summed E-state index contributed by atoms with van der Waals surface area (Å²) in [6.07, 6.45) is 0.431. The molecule has 0 aromatic heterocycles. The molecule has 2 atom stereocenters. The average Bonchev–Trinajstić information content (AvgIpc) is 2.15. The number of hydrogen-bond acceptors (Lipinski definition) is 3. The minimum atomic E-state index is 0.134. The van der Waals surface area contributed by atoms with Crippen molar-refractivity contribution in [3.63, 3.8) is 0 Å². The minimum absolute atomic E-state index is 0.134. The molecule has 0 unspecified atom stereocenters. The fraction of sp³-hybridized carbons (Fsp3) is 1.00. The van der Waals surface area contributed by atoms with Crippen molar-refractivity contribution >= 4 is 0 Å². The zero-order chi connectivity index (χ0) is 9.68.